The van der Waals surface area contributed by atoms with E-state index < -0.39 is 6.10 Å². The van der Waals surface area contributed by atoms with E-state index in [2.05, 4.69) is 17.9 Å². The minimum Gasteiger partial charge on any atom is -0.491 e. The Labute approximate surface area is 132 Å². The second-order valence-electron chi connectivity index (χ2n) is 6.61. The maximum absolute atomic E-state index is 10.3. The summed E-state index contributed by atoms with van der Waals surface area (Å²) in [6, 6.07) is 10.3. The predicted molar refractivity (Wildman–Crippen MR) is 84.6 cm³/mol. The SMILES string of the molecule is CC(C1CC1)N(CC(O)COc1ccc(C#N)cc1)C1CC1. The molecule has 2 aliphatic carbocycles. The van der Waals surface area contributed by atoms with E-state index in [4.69, 9.17) is 10.00 Å². The van der Waals surface area contributed by atoms with Crippen molar-refractivity contribution in [1.82, 2.24) is 4.90 Å². The van der Waals surface area contributed by atoms with Crippen LogP contribution in [0.3, 0.4) is 0 Å². The molecule has 2 saturated carbocycles. The number of rotatable bonds is 8. The molecule has 0 saturated heterocycles. The standard InChI is InChI=1S/C18H24N2O2/c1-13(15-4-5-15)20(16-6-7-16)11-17(21)12-22-18-8-2-14(10-19)3-9-18/h2-3,8-9,13,15-17,21H,4-7,11-12H2,1H3. The molecule has 1 N–H and O–H groups in total. The summed E-state index contributed by atoms with van der Waals surface area (Å²) in [5.74, 6) is 1.53. The van der Waals surface area contributed by atoms with Crippen LogP contribution in [0.5, 0.6) is 5.75 Å². The molecule has 1 aromatic rings. The lowest BCUT2D eigenvalue weighted by Gasteiger charge is -2.31. The van der Waals surface area contributed by atoms with Gasteiger partial charge >= 0.3 is 0 Å². The minimum absolute atomic E-state index is 0.298. The van der Waals surface area contributed by atoms with Gasteiger partial charge in [0.25, 0.3) is 0 Å². The molecule has 2 fully saturated rings. The van der Waals surface area contributed by atoms with Crippen molar-refractivity contribution in [3.63, 3.8) is 0 Å². The van der Waals surface area contributed by atoms with Crippen molar-refractivity contribution in [3.8, 4) is 11.8 Å². The number of ether oxygens (including phenoxy) is 1. The van der Waals surface area contributed by atoms with Crippen LogP contribution in [0.15, 0.2) is 24.3 Å². The van der Waals surface area contributed by atoms with Gasteiger partial charge < -0.3 is 9.84 Å². The quantitative estimate of drug-likeness (QED) is 0.801. The van der Waals surface area contributed by atoms with Crippen LogP contribution in [-0.2, 0) is 0 Å². The largest absolute Gasteiger partial charge is 0.491 e. The summed E-state index contributed by atoms with van der Waals surface area (Å²) in [5, 5.41) is 19.1. The third-order valence-electron chi connectivity index (χ3n) is 4.69. The Hall–Kier alpha value is -1.57. The summed E-state index contributed by atoms with van der Waals surface area (Å²) in [7, 11) is 0. The zero-order valence-electron chi connectivity index (χ0n) is 13.1. The first-order valence-electron chi connectivity index (χ1n) is 8.24. The topological polar surface area (TPSA) is 56.5 Å². The lowest BCUT2D eigenvalue weighted by Crippen LogP contribution is -2.43. The number of hydrogen-bond donors (Lipinski definition) is 1. The number of aliphatic hydroxyl groups excluding tert-OH is 1. The predicted octanol–water partition coefficient (Wildman–Crippen LogP) is 2.56. The van der Waals surface area contributed by atoms with Gasteiger partial charge in [-0.1, -0.05) is 0 Å². The van der Waals surface area contributed by atoms with Crippen molar-refractivity contribution in [3.05, 3.63) is 29.8 Å². The van der Waals surface area contributed by atoms with Crippen molar-refractivity contribution in [1.29, 1.82) is 5.26 Å². The molecule has 1 aromatic carbocycles. The molecule has 118 valence electrons. The lowest BCUT2D eigenvalue weighted by atomic mass is 10.1. The highest BCUT2D eigenvalue weighted by Gasteiger charge is 2.39. The van der Waals surface area contributed by atoms with Gasteiger partial charge in [-0.3, -0.25) is 4.90 Å². The Morgan fingerprint density at radius 2 is 1.95 bits per heavy atom. The summed E-state index contributed by atoms with van der Waals surface area (Å²) < 4.78 is 5.64. The number of benzene rings is 1. The Balaban J connectivity index is 1.48. The normalized spacial score (nSPS) is 20.5. The van der Waals surface area contributed by atoms with Gasteiger partial charge in [-0.15, -0.1) is 0 Å². The van der Waals surface area contributed by atoms with Crippen LogP contribution >= 0.6 is 0 Å². The molecular weight excluding hydrogens is 276 g/mol. The number of nitrogens with zero attached hydrogens (tertiary/aromatic N) is 2. The van der Waals surface area contributed by atoms with Crippen molar-refractivity contribution in [2.45, 2.75) is 50.8 Å². The van der Waals surface area contributed by atoms with E-state index in [0.717, 1.165) is 5.92 Å². The van der Waals surface area contributed by atoms with E-state index >= 15 is 0 Å². The molecular formula is C18H24N2O2. The maximum atomic E-state index is 10.3. The highest BCUT2D eigenvalue weighted by molar-refractivity contribution is 5.34. The first-order valence-corrected chi connectivity index (χ1v) is 8.24. The zero-order valence-corrected chi connectivity index (χ0v) is 13.1. The number of hydrogen-bond acceptors (Lipinski definition) is 4. The molecule has 0 spiro atoms. The van der Waals surface area contributed by atoms with Crippen molar-refractivity contribution >= 4 is 0 Å². The fourth-order valence-corrected chi connectivity index (χ4v) is 3.02. The first kappa shape index (κ1) is 15.3. The fourth-order valence-electron chi connectivity index (χ4n) is 3.02. The van der Waals surface area contributed by atoms with E-state index in [-0.39, 0.29) is 0 Å². The molecule has 3 rings (SSSR count). The number of nitriles is 1. The number of aliphatic hydroxyl groups is 1. The van der Waals surface area contributed by atoms with Crippen LogP contribution in [0.1, 0.15) is 38.2 Å². The molecule has 0 amide bonds. The summed E-state index contributed by atoms with van der Waals surface area (Å²) in [4.78, 5) is 2.48. The molecule has 0 bridgehead atoms. The van der Waals surface area contributed by atoms with Gasteiger partial charge in [-0.05, 0) is 62.8 Å². The fraction of sp³-hybridized carbons (Fsp3) is 0.611. The van der Waals surface area contributed by atoms with Crippen LogP contribution < -0.4 is 4.74 Å². The molecule has 4 nitrogen and oxygen atoms in total. The van der Waals surface area contributed by atoms with Crippen molar-refractivity contribution in [2.75, 3.05) is 13.2 Å². The smallest absolute Gasteiger partial charge is 0.119 e. The summed E-state index contributed by atoms with van der Waals surface area (Å²) >= 11 is 0. The molecule has 4 heteroatoms. The van der Waals surface area contributed by atoms with Gasteiger partial charge in [0.05, 0.1) is 11.6 Å². The van der Waals surface area contributed by atoms with Crippen molar-refractivity contribution < 1.29 is 9.84 Å². The Bertz CT molecular complexity index is 529. The van der Waals surface area contributed by atoms with Gasteiger partial charge in [0.1, 0.15) is 18.5 Å². The van der Waals surface area contributed by atoms with E-state index in [1.807, 2.05) is 0 Å². The van der Waals surface area contributed by atoms with Crippen LogP contribution in [0.4, 0.5) is 0 Å². The Kier molecular flexibility index (Phi) is 4.66. The van der Waals surface area contributed by atoms with Gasteiger partial charge in [0.15, 0.2) is 0 Å². The monoisotopic (exact) mass is 300 g/mol. The van der Waals surface area contributed by atoms with Gasteiger partial charge in [-0.25, -0.2) is 0 Å². The molecule has 2 unspecified atom stereocenters. The van der Waals surface area contributed by atoms with E-state index in [9.17, 15) is 5.11 Å². The lowest BCUT2D eigenvalue weighted by molar-refractivity contribution is 0.0470. The van der Waals surface area contributed by atoms with E-state index in [1.54, 1.807) is 24.3 Å². The van der Waals surface area contributed by atoms with Crippen LogP contribution in [0, 0.1) is 17.2 Å². The minimum atomic E-state index is -0.475. The van der Waals surface area contributed by atoms with E-state index in [0.29, 0.717) is 36.5 Å². The molecule has 0 aliphatic heterocycles. The molecule has 2 aliphatic rings. The third kappa shape index (κ3) is 4.00. The average molecular weight is 300 g/mol. The van der Waals surface area contributed by atoms with Crippen LogP contribution in [0.2, 0.25) is 0 Å². The molecule has 0 heterocycles. The Morgan fingerprint density at radius 3 is 2.50 bits per heavy atom. The van der Waals surface area contributed by atoms with Crippen molar-refractivity contribution in [2.24, 2.45) is 5.92 Å². The van der Waals surface area contributed by atoms with Gasteiger partial charge in [0.2, 0.25) is 0 Å². The van der Waals surface area contributed by atoms with Crippen LogP contribution in [0.25, 0.3) is 0 Å². The van der Waals surface area contributed by atoms with Gasteiger partial charge in [-0.2, -0.15) is 5.26 Å². The molecule has 0 aromatic heterocycles. The second kappa shape index (κ2) is 6.68. The average Bonchev–Trinajstić information content (AvgIpc) is 3.41. The Morgan fingerprint density at radius 1 is 1.27 bits per heavy atom. The molecule has 2 atom stereocenters. The van der Waals surface area contributed by atoms with Crippen LogP contribution in [-0.4, -0.2) is 41.3 Å². The summed E-state index contributed by atoms with van der Waals surface area (Å²) in [6.45, 7) is 3.29. The maximum Gasteiger partial charge on any atom is 0.119 e. The molecule has 0 radical (unpaired) electrons. The van der Waals surface area contributed by atoms with E-state index in [1.165, 1.54) is 25.7 Å². The zero-order chi connectivity index (χ0) is 15.5. The summed E-state index contributed by atoms with van der Waals surface area (Å²) in [5.41, 5.74) is 0.617. The first-order chi connectivity index (χ1) is 10.7. The second-order valence-corrected chi connectivity index (χ2v) is 6.61. The third-order valence-corrected chi connectivity index (χ3v) is 4.69. The highest BCUT2D eigenvalue weighted by Crippen LogP contribution is 2.39. The highest BCUT2D eigenvalue weighted by atomic mass is 16.5. The molecule has 22 heavy (non-hydrogen) atoms. The van der Waals surface area contributed by atoms with Gasteiger partial charge in [0, 0.05) is 18.6 Å². The summed E-state index contributed by atoms with van der Waals surface area (Å²) in [6.07, 6.45) is 4.72.